The number of allylic oxidation sites excluding steroid dienone is 4. The number of rotatable bonds is 5. The molecule has 19 heavy (non-hydrogen) atoms. The van der Waals surface area contributed by atoms with Gasteiger partial charge in [-0.05, 0) is 0 Å². The van der Waals surface area contributed by atoms with Crippen molar-refractivity contribution in [1.29, 1.82) is 0 Å². The van der Waals surface area contributed by atoms with Crippen LogP contribution in [0.15, 0.2) is 21.6 Å². The Labute approximate surface area is 144 Å². The summed E-state index contributed by atoms with van der Waals surface area (Å²) in [7, 11) is -0.735. The van der Waals surface area contributed by atoms with Crippen LogP contribution in [0.4, 0.5) is 0 Å². The molecular formula is C14H25Cl2OSiTi. The van der Waals surface area contributed by atoms with Gasteiger partial charge in [0.25, 0.3) is 0 Å². The molecule has 0 aromatic carbocycles. The van der Waals surface area contributed by atoms with Gasteiger partial charge in [-0.1, -0.05) is 0 Å². The first-order valence-corrected chi connectivity index (χ1v) is 10.3. The SMILES string of the molecule is C[SiH](C)C(CCC1=[C]([Ti+2])CC=C1)OC(C)(C)C.[Cl-].[Cl-]. The second-order valence-electron chi connectivity index (χ2n) is 6.16. The second-order valence-corrected chi connectivity index (χ2v) is 10.3. The first kappa shape index (κ1) is 22.2. The Bertz CT molecular complexity index is 322. The maximum Gasteiger partial charge on any atom is -1.00 e. The van der Waals surface area contributed by atoms with E-state index in [1.807, 2.05) is 0 Å². The van der Waals surface area contributed by atoms with Gasteiger partial charge < -0.3 is 24.8 Å². The number of hydrogen-bond donors (Lipinski definition) is 0. The molecule has 1 nitrogen and oxygen atoms in total. The molecule has 0 saturated heterocycles. The van der Waals surface area contributed by atoms with Crippen molar-refractivity contribution in [1.82, 2.24) is 0 Å². The van der Waals surface area contributed by atoms with Gasteiger partial charge >= 0.3 is 120 Å². The zero-order valence-corrected chi connectivity index (χ0v) is 16.8. The van der Waals surface area contributed by atoms with E-state index in [-0.39, 0.29) is 30.4 Å². The number of halogens is 2. The molecule has 0 spiro atoms. The van der Waals surface area contributed by atoms with Gasteiger partial charge in [0.05, 0.1) is 0 Å². The third-order valence-electron chi connectivity index (χ3n) is 2.98. The van der Waals surface area contributed by atoms with Crippen LogP contribution in [0.3, 0.4) is 0 Å². The van der Waals surface area contributed by atoms with E-state index in [9.17, 15) is 0 Å². The minimum absolute atomic E-state index is 0. The predicted octanol–water partition coefficient (Wildman–Crippen LogP) is -2.25. The van der Waals surface area contributed by atoms with E-state index in [0.717, 1.165) is 6.42 Å². The zero-order valence-electron chi connectivity index (χ0n) is 12.6. The quantitative estimate of drug-likeness (QED) is 0.506. The second kappa shape index (κ2) is 9.81. The monoisotopic (exact) mass is 355 g/mol. The minimum atomic E-state index is -0.735. The largest absolute Gasteiger partial charge is 1.00 e. The van der Waals surface area contributed by atoms with E-state index in [1.54, 1.807) is 9.45 Å². The molecule has 0 amide bonds. The Morgan fingerprint density at radius 3 is 2.26 bits per heavy atom. The van der Waals surface area contributed by atoms with Crippen LogP contribution in [0.5, 0.6) is 0 Å². The number of hydrogen-bond acceptors (Lipinski definition) is 1. The molecule has 0 N–H and O–H groups in total. The van der Waals surface area contributed by atoms with Crippen LogP contribution in [-0.2, 0) is 25.2 Å². The molecule has 0 aromatic heterocycles. The molecule has 0 fully saturated rings. The van der Waals surface area contributed by atoms with Gasteiger partial charge in [-0.3, -0.25) is 0 Å². The van der Waals surface area contributed by atoms with Gasteiger partial charge in [0.15, 0.2) is 0 Å². The van der Waals surface area contributed by atoms with Crippen molar-refractivity contribution in [3.63, 3.8) is 0 Å². The minimum Gasteiger partial charge on any atom is -1.00 e. The van der Waals surface area contributed by atoms with Crippen molar-refractivity contribution in [3.05, 3.63) is 21.6 Å². The van der Waals surface area contributed by atoms with Crippen LogP contribution in [0.25, 0.3) is 0 Å². The molecule has 109 valence electrons. The average molecular weight is 356 g/mol. The van der Waals surface area contributed by atoms with E-state index >= 15 is 0 Å². The summed E-state index contributed by atoms with van der Waals surface area (Å²) in [6, 6.07) is 0. The fourth-order valence-corrected chi connectivity index (χ4v) is 4.09. The Morgan fingerprint density at radius 2 is 1.89 bits per heavy atom. The Kier molecular flexibility index (Phi) is 11.5. The Hall–Kier alpha value is 0.951. The van der Waals surface area contributed by atoms with Gasteiger partial charge in [-0.15, -0.1) is 0 Å². The fourth-order valence-electron chi connectivity index (χ4n) is 2.07. The topological polar surface area (TPSA) is 9.23 Å². The first-order chi connectivity index (χ1) is 7.79. The van der Waals surface area contributed by atoms with E-state index < -0.39 is 8.80 Å². The Balaban J connectivity index is 0. The molecule has 1 atom stereocenters. The molecular weight excluding hydrogens is 331 g/mol. The predicted molar refractivity (Wildman–Crippen MR) is 73.5 cm³/mol. The summed E-state index contributed by atoms with van der Waals surface area (Å²) in [5.41, 5.74) is 2.04. The molecule has 5 heteroatoms. The van der Waals surface area contributed by atoms with Crippen molar-refractivity contribution in [2.24, 2.45) is 0 Å². The maximum atomic E-state index is 6.21. The normalized spacial score (nSPS) is 16.4. The van der Waals surface area contributed by atoms with Crippen LogP contribution in [-0.4, -0.2) is 20.1 Å². The van der Waals surface area contributed by atoms with Gasteiger partial charge in [-0.2, -0.15) is 0 Å². The molecule has 0 radical (unpaired) electrons. The molecule has 0 aliphatic heterocycles. The summed E-state index contributed by atoms with van der Waals surface area (Å²) in [5.74, 6) is 0. The van der Waals surface area contributed by atoms with Gasteiger partial charge in [0, 0.05) is 0 Å². The summed E-state index contributed by atoms with van der Waals surface area (Å²) in [6.45, 7) is 11.3. The standard InChI is InChI=1S/C14H25OSi.2ClH.Ti/c1-14(2,3)15-13(16(4)5)11-10-12-8-6-7-9-12;;;/h6,8,13,16H,7,10-11H2,1-5H3;2*1H;/q;;;+2/p-2. The summed E-state index contributed by atoms with van der Waals surface area (Å²) < 4.78 is 7.76. The number of ether oxygens (including phenoxy) is 1. The van der Waals surface area contributed by atoms with Crippen LogP contribution in [0, 0.1) is 0 Å². The van der Waals surface area contributed by atoms with E-state index in [4.69, 9.17) is 4.74 Å². The molecule has 1 rings (SSSR count). The van der Waals surface area contributed by atoms with Gasteiger partial charge in [0.2, 0.25) is 0 Å². The summed E-state index contributed by atoms with van der Waals surface area (Å²) in [6.07, 6.45) is 8.11. The maximum absolute atomic E-state index is 6.21. The van der Waals surface area contributed by atoms with Crippen molar-refractivity contribution in [2.75, 3.05) is 0 Å². The fraction of sp³-hybridized carbons (Fsp3) is 0.714. The van der Waals surface area contributed by atoms with Gasteiger partial charge in [0.1, 0.15) is 0 Å². The molecule has 0 aromatic rings. The Morgan fingerprint density at radius 1 is 1.32 bits per heavy atom. The van der Waals surface area contributed by atoms with Crippen LogP contribution in [0.2, 0.25) is 13.1 Å². The zero-order chi connectivity index (χ0) is 13.1. The molecule has 1 aliphatic carbocycles. The van der Waals surface area contributed by atoms with Gasteiger partial charge in [-0.25, -0.2) is 0 Å². The summed E-state index contributed by atoms with van der Waals surface area (Å²) >= 11 is 2.25. The summed E-state index contributed by atoms with van der Waals surface area (Å²) in [5, 5.41) is 0. The van der Waals surface area contributed by atoms with Crippen molar-refractivity contribution in [3.8, 4) is 0 Å². The first-order valence-electron chi connectivity index (χ1n) is 6.57. The van der Waals surface area contributed by atoms with Crippen molar-refractivity contribution < 1.29 is 50.0 Å². The molecule has 1 unspecified atom stereocenters. The molecule has 0 bridgehead atoms. The molecule has 0 saturated carbocycles. The average Bonchev–Trinajstić information content (AvgIpc) is 2.56. The van der Waals surface area contributed by atoms with Crippen molar-refractivity contribution >= 4 is 8.80 Å². The smallest absolute Gasteiger partial charge is 1.00 e. The van der Waals surface area contributed by atoms with Crippen LogP contribution in [0.1, 0.15) is 40.0 Å². The van der Waals surface area contributed by atoms with Crippen molar-refractivity contribution in [2.45, 2.75) is 64.5 Å². The molecule has 1 aliphatic rings. The van der Waals surface area contributed by atoms with E-state index in [0.29, 0.717) is 5.73 Å². The van der Waals surface area contributed by atoms with Crippen LogP contribution >= 0.6 is 0 Å². The van der Waals surface area contributed by atoms with Crippen LogP contribution < -0.4 is 24.8 Å². The molecule has 0 heterocycles. The third kappa shape index (κ3) is 8.75. The van der Waals surface area contributed by atoms with E-state index in [1.165, 1.54) is 12.8 Å². The summed E-state index contributed by atoms with van der Waals surface area (Å²) in [4.78, 5) is 0. The van der Waals surface area contributed by atoms with E-state index in [2.05, 4.69) is 66.5 Å². The third-order valence-corrected chi connectivity index (χ3v) is 5.75.